The standard InChI is InChI=1S/C38H56N2O2/c1-25(2)9-8-10-26(3)32-15-16-33-31-14-13-28-23-29(17-20-37(28,4)34(31)18-21-38(32,33)5)42-36(41)39-22-19-27-24-40-35-12-7-6-11-30(27)35/h6-7,11-13,24-26,29,31-34,40H,8-10,14-23H2,1-5H3,(H,39,41). The predicted molar refractivity (Wildman–Crippen MR) is 173 cm³/mol. The van der Waals surface area contributed by atoms with Gasteiger partial charge in [0.2, 0.25) is 0 Å². The van der Waals surface area contributed by atoms with Gasteiger partial charge in [0.1, 0.15) is 6.10 Å². The molecule has 4 aliphatic rings. The molecule has 6 rings (SSSR count). The van der Waals surface area contributed by atoms with E-state index < -0.39 is 0 Å². The zero-order valence-electron chi connectivity index (χ0n) is 27.0. The number of aromatic amines is 1. The lowest BCUT2D eigenvalue weighted by Gasteiger charge is -2.58. The van der Waals surface area contributed by atoms with Crippen LogP contribution in [0.5, 0.6) is 0 Å². The van der Waals surface area contributed by atoms with Crippen molar-refractivity contribution in [1.82, 2.24) is 10.3 Å². The predicted octanol–water partition coefficient (Wildman–Crippen LogP) is 9.85. The normalized spacial score (nSPS) is 34.8. The molecule has 4 nitrogen and oxygen atoms in total. The number of nitrogens with one attached hydrogen (secondary N) is 2. The molecule has 0 radical (unpaired) electrons. The fourth-order valence-corrected chi connectivity index (χ4v) is 10.6. The Kier molecular flexibility index (Phi) is 8.55. The van der Waals surface area contributed by atoms with Crippen LogP contribution in [-0.2, 0) is 11.2 Å². The van der Waals surface area contributed by atoms with Crippen molar-refractivity contribution in [2.75, 3.05) is 6.54 Å². The van der Waals surface area contributed by atoms with Crippen molar-refractivity contribution in [2.24, 2.45) is 46.3 Å². The summed E-state index contributed by atoms with van der Waals surface area (Å²) in [6.07, 6.45) is 19.4. The summed E-state index contributed by atoms with van der Waals surface area (Å²) in [7, 11) is 0. The average Bonchev–Trinajstić information content (AvgIpc) is 3.54. The van der Waals surface area contributed by atoms with E-state index in [0.717, 1.165) is 66.7 Å². The number of hydrogen-bond acceptors (Lipinski definition) is 2. The first-order valence-corrected chi connectivity index (χ1v) is 17.4. The third-order valence-electron chi connectivity index (χ3n) is 12.9. The first-order valence-electron chi connectivity index (χ1n) is 17.4. The zero-order chi connectivity index (χ0) is 29.5. The monoisotopic (exact) mass is 572 g/mol. The van der Waals surface area contributed by atoms with Crippen LogP contribution in [0.25, 0.3) is 10.9 Å². The Hall–Kier alpha value is -2.23. The molecule has 8 unspecified atom stereocenters. The molecule has 0 bridgehead atoms. The SMILES string of the molecule is CC(C)CCCC(C)C1CCC2C3CC=C4CC(OC(=O)NCCc5c[nH]c6ccccc56)CCC4(C)C3CCC12C. The van der Waals surface area contributed by atoms with Crippen molar-refractivity contribution in [3.05, 3.63) is 47.7 Å². The molecule has 230 valence electrons. The largest absolute Gasteiger partial charge is 0.446 e. The minimum absolute atomic E-state index is 0.00497. The number of hydrogen-bond donors (Lipinski definition) is 2. The fourth-order valence-electron chi connectivity index (χ4n) is 10.6. The van der Waals surface area contributed by atoms with Gasteiger partial charge in [-0.2, -0.15) is 0 Å². The molecule has 1 aromatic carbocycles. The Bertz CT molecular complexity index is 1280. The van der Waals surface area contributed by atoms with Crippen LogP contribution in [-0.4, -0.2) is 23.7 Å². The second-order valence-electron chi connectivity index (χ2n) is 15.6. The number of benzene rings is 1. The number of carbonyl (C=O) groups is 1. The van der Waals surface area contributed by atoms with Crippen LogP contribution in [0, 0.1) is 46.3 Å². The van der Waals surface area contributed by atoms with E-state index in [2.05, 4.69) is 75.4 Å². The van der Waals surface area contributed by atoms with Gasteiger partial charge < -0.3 is 15.0 Å². The summed E-state index contributed by atoms with van der Waals surface area (Å²) in [4.78, 5) is 16.1. The molecule has 3 saturated carbocycles. The summed E-state index contributed by atoms with van der Waals surface area (Å²) >= 11 is 0. The lowest BCUT2D eigenvalue weighted by Crippen LogP contribution is -2.51. The number of allylic oxidation sites excluding steroid dienone is 1. The molecule has 4 heteroatoms. The van der Waals surface area contributed by atoms with Crippen molar-refractivity contribution >= 4 is 17.0 Å². The molecule has 42 heavy (non-hydrogen) atoms. The lowest BCUT2D eigenvalue weighted by molar-refractivity contribution is -0.0581. The summed E-state index contributed by atoms with van der Waals surface area (Å²) in [5, 5.41) is 4.26. The highest BCUT2D eigenvalue weighted by Gasteiger charge is 2.59. The molecule has 8 atom stereocenters. The van der Waals surface area contributed by atoms with Gasteiger partial charge in [0.05, 0.1) is 0 Å². The highest BCUT2D eigenvalue weighted by Crippen LogP contribution is 2.67. The molecule has 1 aromatic heterocycles. The number of alkyl carbamates (subject to hydrolysis) is 1. The Morgan fingerprint density at radius 2 is 1.88 bits per heavy atom. The number of rotatable bonds is 9. The van der Waals surface area contributed by atoms with E-state index in [0.29, 0.717) is 12.0 Å². The number of ether oxygens (including phenoxy) is 1. The second kappa shape index (κ2) is 12.0. The van der Waals surface area contributed by atoms with Crippen LogP contribution in [0.1, 0.15) is 111 Å². The van der Waals surface area contributed by atoms with Crippen LogP contribution >= 0.6 is 0 Å². The van der Waals surface area contributed by atoms with Crippen molar-refractivity contribution in [3.63, 3.8) is 0 Å². The topological polar surface area (TPSA) is 54.1 Å². The third kappa shape index (κ3) is 5.57. The summed E-state index contributed by atoms with van der Waals surface area (Å²) < 4.78 is 6.00. The summed E-state index contributed by atoms with van der Waals surface area (Å²) in [5.41, 5.74) is 4.79. The Balaban J connectivity index is 1.03. The Labute approximate surface area is 254 Å². The van der Waals surface area contributed by atoms with Gasteiger partial charge in [-0.15, -0.1) is 0 Å². The molecule has 2 aromatic rings. The molecule has 0 aliphatic heterocycles. The van der Waals surface area contributed by atoms with Gasteiger partial charge in [-0.25, -0.2) is 4.79 Å². The molecule has 0 spiro atoms. The van der Waals surface area contributed by atoms with Gasteiger partial charge in [-0.3, -0.25) is 0 Å². The van der Waals surface area contributed by atoms with E-state index in [1.807, 2.05) is 6.07 Å². The van der Waals surface area contributed by atoms with E-state index in [-0.39, 0.29) is 17.6 Å². The maximum absolute atomic E-state index is 12.8. The van der Waals surface area contributed by atoms with Gasteiger partial charge in [0.15, 0.2) is 0 Å². The van der Waals surface area contributed by atoms with E-state index in [4.69, 9.17) is 4.74 Å². The number of para-hydroxylation sites is 1. The lowest BCUT2D eigenvalue weighted by atomic mass is 9.47. The van der Waals surface area contributed by atoms with E-state index in [9.17, 15) is 4.79 Å². The molecular weight excluding hydrogens is 516 g/mol. The van der Waals surface area contributed by atoms with Crippen molar-refractivity contribution in [2.45, 2.75) is 118 Å². The number of amides is 1. The second-order valence-corrected chi connectivity index (χ2v) is 15.6. The fraction of sp³-hybridized carbons (Fsp3) is 0.711. The van der Waals surface area contributed by atoms with E-state index in [1.165, 1.54) is 62.3 Å². The van der Waals surface area contributed by atoms with E-state index >= 15 is 0 Å². The van der Waals surface area contributed by atoms with Gasteiger partial charge in [-0.05, 0) is 109 Å². The minimum atomic E-state index is -0.259. The highest BCUT2D eigenvalue weighted by molar-refractivity contribution is 5.83. The molecule has 4 aliphatic carbocycles. The third-order valence-corrected chi connectivity index (χ3v) is 12.9. The molecule has 0 saturated heterocycles. The number of aromatic nitrogens is 1. The molecule has 1 heterocycles. The molecule has 3 fully saturated rings. The maximum Gasteiger partial charge on any atom is 0.407 e. The smallest absolute Gasteiger partial charge is 0.407 e. The van der Waals surface area contributed by atoms with Crippen molar-refractivity contribution < 1.29 is 9.53 Å². The number of fused-ring (bicyclic) bond motifs is 6. The zero-order valence-corrected chi connectivity index (χ0v) is 27.0. The van der Waals surface area contributed by atoms with Gasteiger partial charge in [0.25, 0.3) is 0 Å². The molecule has 2 N–H and O–H groups in total. The number of carbonyl (C=O) groups excluding carboxylic acids is 1. The average molecular weight is 573 g/mol. The Morgan fingerprint density at radius 3 is 2.71 bits per heavy atom. The van der Waals surface area contributed by atoms with E-state index in [1.54, 1.807) is 5.57 Å². The summed E-state index contributed by atoms with van der Waals surface area (Å²) in [6.45, 7) is 13.2. The van der Waals surface area contributed by atoms with Crippen LogP contribution in [0.15, 0.2) is 42.1 Å². The van der Waals surface area contributed by atoms with Gasteiger partial charge in [-0.1, -0.05) is 83.7 Å². The maximum atomic E-state index is 12.8. The van der Waals surface area contributed by atoms with Crippen molar-refractivity contribution in [1.29, 1.82) is 0 Å². The first-order chi connectivity index (χ1) is 20.2. The van der Waals surface area contributed by atoms with Crippen LogP contribution in [0.2, 0.25) is 0 Å². The van der Waals surface area contributed by atoms with Gasteiger partial charge in [0, 0.05) is 30.1 Å². The van der Waals surface area contributed by atoms with Crippen LogP contribution in [0.3, 0.4) is 0 Å². The highest BCUT2D eigenvalue weighted by atomic mass is 16.6. The summed E-state index contributed by atoms with van der Waals surface area (Å²) in [5.74, 6) is 5.14. The van der Waals surface area contributed by atoms with Crippen LogP contribution in [0.4, 0.5) is 4.79 Å². The van der Waals surface area contributed by atoms with Gasteiger partial charge >= 0.3 is 6.09 Å². The molecule has 1 amide bonds. The number of H-pyrrole nitrogens is 1. The molecular formula is C38H56N2O2. The summed E-state index contributed by atoms with van der Waals surface area (Å²) in [6, 6.07) is 8.33. The minimum Gasteiger partial charge on any atom is -0.446 e. The first kappa shape index (κ1) is 29.8. The quantitative estimate of drug-likeness (QED) is 0.294. The van der Waals surface area contributed by atoms with Crippen LogP contribution < -0.4 is 5.32 Å². The Morgan fingerprint density at radius 1 is 1.05 bits per heavy atom. The van der Waals surface area contributed by atoms with Crippen molar-refractivity contribution in [3.8, 4) is 0 Å².